The molecule has 0 amide bonds. The SMILES string of the molecule is CN(Cc1ccncn1)CC1CCCCN1. The number of hydrogen-bond donors (Lipinski definition) is 1. The highest BCUT2D eigenvalue weighted by Crippen LogP contribution is 2.08. The van der Waals surface area contributed by atoms with Gasteiger partial charge in [-0.1, -0.05) is 6.42 Å². The Kier molecular flexibility index (Phi) is 4.25. The monoisotopic (exact) mass is 220 g/mol. The third-order valence-corrected chi connectivity index (χ3v) is 3.02. The van der Waals surface area contributed by atoms with Crippen LogP contribution in [-0.4, -0.2) is 41.0 Å². The molecule has 2 heterocycles. The second kappa shape index (κ2) is 5.92. The molecule has 0 spiro atoms. The van der Waals surface area contributed by atoms with Crippen molar-refractivity contribution in [2.45, 2.75) is 31.8 Å². The molecule has 1 unspecified atom stereocenters. The van der Waals surface area contributed by atoms with Crippen LogP contribution in [0.3, 0.4) is 0 Å². The van der Waals surface area contributed by atoms with E-state index in [1.807, 2.05) is 6.07 Å². The van der Waals surface area contributed by atoms with Gasteiger partial charge in [0.25, 0.3) is 0 Å². The normalized spacial score (nSPS) is 21.2. The van der Waals surface area contributed by atoms with E-state index in [-0.39, 0.29) is 0 Å². The first-order valence-electron chi connectivity index (χ1n) is 6.01. The fraction of sp³-hybridized carbons (Fsp3) is 0.667. The smallest absolute Gasteiger partial charge is 0.115 e. The van der Waals surface area contributed by atoms with Gasteiger partial charge < -0.3 is 5.32 Å². The van der Waals surface area contributed by atoms with Crippen LogP contribution < -0.4 is 5.32 Å². The minimum absolute atomic E-state index is 0.653. The lowest BCUT2D eigenvalue weighted by Crippen LogP contribution is -2.42. The first-order valence-corrected chi connectivity index (χ1v) is 6.01. The summed E-state index contributed by atoms with van der Waals surface area (Å²) in [6.07, 6.45) is 7.40. The molecular weight excluding hydrogens is 200 g/mol. The predicted molar refractivity (Wildman–Crippen MR) is 64.0 cm³/mol. The third kappa shape index (κ3) is 3.54. The highest BCUT2D eigenvalue weighted by Gasteiger charge is 2.14. The van der Waals surface area contributed by atoms with Gasteiger partial charge in [-0.25, -0.2) is 9.97 Å². The minimum atomic E-state index is 0.653. The van der Waals surface area contributed by atoms with Crippen molar-refractivity contribution in [1.29, 1.82) is 0 Å². The van der Waals surface area contributed by atoms with Crippen molar-refractivity contribution in [2.75, 3.05) is 20.1 Å². The Labute approximate surface area is 97.1 Å². The fourth-order valence-electron chi connectivity index (χ4n) is 2.21. The van der Waals surface area contributed by atoms with Crippen molar-refractivity contribution in [2.24, 2.45) is 0 Å². The highest BCUT2D eigenvalue weighted by molar-refractivity contribution is 4.97. The Morgan fingerprint density at radius 2 is 2.44 bits per heavy atom. The molecule has 1 aliphatic rings. The first-order chi connectivity index (χ1) is 7.84. The van der Waals surface area contributed by atoms with Gasteiger partial charge in [-0.3, -0.25) is 4.90 Å². The van der Waals surface area contributed by atoms with Crippen LogP contribution in [0.25, 0.3) is 0 Å². The van der Waals surface area contributed by atoms with Crippen molar-refractivity contribution < 1.29 is 0 Å². The molecule has 1 aromatic heterocycles. The summed E-state index contributed by atoms with van der Waals surface area (Å²) in [6, 6.07) is 2.63. The Morgan fingerprint density at radius 3 is 3.12 bits per heavy atom. The van der Waals surface area contributed by atoms with Crippen LogP contribution in [0.2, 0.25) is 0 Å². The number of likely N-dealkylation sites (N-methyl/N-ethyl adjacent to an activating group) is 1. The maximum Gasteiger partial charge on any atom is 0.115 e. The van der Waals surface area contributed by atoms with Crippen LogP contribution in [0.15, 0.2) is 18.6 Å². The molecule has 4 heteroatoms. The summed E-state index contributed by atoms with van der Waals surface area (Å²) in [6.45, 7) is 3.18. The molecule has 0 saturated carbocycles. The van der Waals surface area contributed by atoms with E-state index in [1.54, 1.807) is 12.5 Å². The van der Waals surface area contributed by atoms with Crippen molar-refractivity contribution in [3.8, 4) is 0 Å². The van der Waals surface area contributed by atoms with E-state index >= 15 is 0 Å². The van der Waals surface area contributed by atoms with Crippen LogP contribution in [0, 0.1) is 0 Å². The quantitative estimate of drug-likeness (QED) is 0.823. The van der Waals surface area contributed by atoms with Crippen molar-refractivity contribution in [3.05, 3.63) is 24.3 Å². The van der Waals surface area contributed by atoms with Crippen LogP contribution in [0.1, 0.15) is 25.0 Å². The van der Waals surface area contributed by atoms with Crippen LogP contribution >= 0.6 is 0 Å². The lowest BCUT2D eigenvalue weighted by atomic mass is 10.0. The van der Waals surface area contributed by atoms with E-state index in [0.29, 0.717) is 6.04 Å². The molecular formula is C12H20N4. The second-order valence-corrected chi connectivity index (χ2v) is 4.54. The molecule has 1 saturated heterocycles. The summed E-state index contributed by atoms with van der Waals surface area (Å²) < 4.78 is 0. The molecule has 0 aliphatic carbocycles. The number of aromatic nitrogens is 2. The van der Waals surface area contributed by atoms with Gasteiger partial charge in [-0.2, -0.15) is 0 Å². The molecule has 1 fully saturated rings. The van der Waals surface area contributed by atoms with Crippen LogP contribution in [0.4, 0.5) is 0 Å². The first kappa shape index (κ1) is 11.5. The Morgan fingerprint density at radius 1 is 1.50 bits per heavy atom. The number of nitrogens with one attached hydrogen (secondary N) is 1. The van der Waals surface area contributed by atoms with Gasteiger partial charge in [-0.15, -0.1) is 0 Å². The van der Waals surface area contributed by atoms with Crippen molar-refractivity contribution in [3.63, 3.8) is 0 Å². The summed E-state index contributed by atoms with van der Waals surface area (Å²) >= 11 is 0. The lowest BCUT2D eigenvalue weighted by molar-refractivity contribution is 0.254. The van der Waals surface area contributed by atoms with Crippen molar-refractivity contribution in [1.82, 2.24) is 20.2 Å². The predicted octanol–water partition coefficient (Wildman–Crippen LogP) is 1.05. The van der Waals surface area contributed by atoms with E-state index in [1.165, 1.54) is 25.8 Å². The minimum Gasteiger partial charge on any atom is -0.313 e. The summed E-state index contributed by atoms with van der Waals surface area (Å²) in [5.74, 6) is 0. The molecule has 2 rings (SSSR count). The molecule has 0 bridgehead atoms. The zero-order chi connectivity index (χ0) is 11.2. The van der Waals surface area contributed by atoms with Gasteiger partial charge in [0.15, 0.2) is 0 Å². The summed E-state index contributed by atoms with van der Waals surface area (Å²) in [4.78, 5) is 10.5. The number of piperidine rings is 1. The molecule has 16 heavy (non-hydrogen) atoms. The molecule has 1 aliphatic heterocycles. The standard InChI is InChI=1S/C12H20N4/c1-16(8-11-4-2-3-6-14-11)9-12-5-7-13-10-15-12/h5,7,10-11,14H,2-4,6,8-9H2,1H3. The Balaban J connectivity index is 1.77. The van der Waals surface area contributed by atoms with Gasteiger partial charge in [-0.05, 0) is 32.5 Å². The molecule has 1 atom stereocenters. The van der Waals surface area contributed by atoms with Gasteiger partial charge in [0.05, 0.1) is 5.69 Å². The van der Waals surface area contributed by atoms with E-state index < -0.39 is 0 Å². The van der Waals surface area contributed by atoms with E-state index in [9.17, 15) is 0 Å². The average molecular weight is 220 g/mol. The lowest BCUT2D eigenvalue weighted by Gasteiger charge is -2.27. The highest BCUT2D eigenvalue weighted by atomic mass is 15.1. The van der Waals surface area contributed by atoms with Crippen LogP contribution in [0.5, 0.6) is 0 Å². The van der Waals surface area contributed by atoms with Crippen LogP contribution in [-0.2, 0) is 6.54 Å². The maximum absolute atomic E-state index is 4.24. The molecule has 1 aromatic rings. The molecule has 0 radical (unpaired) electrons. The maximum atomic E-state index is 4.24. The van der Waals surface area contributed by atoms with Gasteiger partial charge >= 0.3 is 0 Å². The largest absolute Gasteiger partial charge is 0.313 e. The number of nitrogens with zero attached hydrogens (tertiary/aromatic N) is 3. The van der Waals surface area contributed by atoms with Gasteiger partial charge in [0.1, 0.15) is 6.33 Å². The number of hydrogen-bond acceptors (Lipinski definition) is 4. The summed E-state index contributed by atoms with van der Waals surface area (Å²) in [7, 11) is 2.15. The third-order valence-electron chi connectivity index (χ3n) is 3.02. The number of rotatable bonds is 4. The molecule has 88 valence electrons. The zero-order valence-electron chi connectivity index (χ0n) is 9.89. The van der Waals surface area contributed by atoms with Gasteiger partial charge in [0, 0.05) is 25.3 Å². The average Bonchev–Trinajstić information content (AvgIpc) is 2.31. The topological polar surface area (TPSA) is 41.1 Å². The zero-order valence-corrected chi connectivity index (χ0v) is 9.89. The fourth-order valence-corrected chi connectivity index (χ4v) is 2.21. The Hall–Kier alpha value is -1.00. The summed E-state index contributed by atoms with van der Waals surface area (Å²) in [5.41, 5.74) is 1.09. The molecule has 4 nitrogen and oxygen atoms in total. The van der Waals surface area contributed by atoms with E-state index in [4.69, 9.17) is 0 Å². The molecule has 0 aromatic carbocycles. The Bertz CT molecular complexity index is 295. The van der Waals surface area contributed by atoms with E-state index in [2.05, 4.69) is 27.2 Å². The van der Waals surface area contributed by atoms with E-state index in [0.717, 1.165) is 18.8 Å². The second-order valence-electron chi connectivity index (χ2n) is 4.54. The van der Waals surface area contributed by atoms with Crippen molar-refractivity contribution >= 4 is 0 Å². The summed E-state index contributed by atoms with van der Waals surface area (Å²) in [5, 5.41) is 3.56. The molecule has 1 N–H and O–H groups in total. The van der Waals surface area contributed by atoms with Gasteiger partial charge in [0.2, 0.25) is 0 Å².